The summed E-state index contributed by atoms with van der Waals surface area (Å²) in [5, 5.41) is 5.96. The molecule has 0 unspecified atom stereocenters. The van der Waals surface area contributed by atoms with Crippen molar-refractivity contribution in [1.29, 1.82) is 0 Å². The third-order valence-corrected chi connectivity index (χ3v) is 1.94. The molecule has 0 aromatic carbocycles. The maximum absolute atomic E-state index is 11.8. The first-order chi connectivity index (χ1) is 7.92. The topological polar surface area (TPSA) is 54.0 Å². The third kappa shape index (κ3) is 4.68. The minimum absolute atomic E-state index is 0.159. The maximum atomic E-state index is 11.8. The summed E-state index contributed by atoms with van der Waals surface area (Å²) in [7, 11) is 0. The van der Waals surface area contributed by atoms with E-state index in [-0.39, 0.29) is 11.4 Å². The highest BCUT2D eigenvalue weighted by Crippen LogP contribution is 2.07. The van der Waals surface area contributed by atoms with Crippen molar-refractivity contribution in [1.82, 2.24) is 10.3 Å². The van der Waals surface area contributed by atoms with Gasteiger partial charge < -0.3 is 10.6 Å². The maximum Gasteiger partial charge on any atom is 0.270 e. The molecule has 0 radical (unpaired) electrons. The highest BCUT2D eigenvalue weighted by atomic mass is 16.2. The molecule has 0 aliphatic rings. The fourth-order valence-electron chi connectivity index (χ4n) is 1.23. The van der Waals surface area contributed by atoms with Gasteiger partial charge in [-0.25, -0.2) is 4.98 Å². The molecular formula is C13H19N3O. The van der Waals surface area contributed by atoms with E-state index in [1.165, 1.54) is 0 Å². The summed E-state index contributed by atoms with van der Waals surface area (Å²) < 4.78 is 0. The highest BCUT2D eigenvalue weighted by Gasteiger charge is 2.15. The molecule has 0 saturated carbocycles. The molecule has 1 aromatic heterocycles. The first kappa shape index (κ1) is 13.2. The Hall–Kier alpha value is -1.84. The van der Waals surface area contributed by atoms with Gasteiger partial charge in [0.1, 0.15) is 5.69 Å². The Bertz CT molecular complexity index is 390. The number of rotatable bonds is 4. The molecule has 0 fully saturated rings. The van der Waals surface area contributed by atoms with Gasteiger partial charge in [-0.2, -0.15) is 0 Å². The van der Waals surface area contributed by atoms with Gasteiger partial charge in [0.2, 0.25) is 0 Å². The van der Waals surface area contributed by atoms with Gasteiger partial charge in [-0.15, -0.1) is 6.58 Å². The normalized spacial score (nSPS) is 10.8. The molecule has 1 heterocycles. The number of pyridine rings is 1. The fourth-order valence-corrected chi connectivity index (χ4v) is 1.23. The van der Waals surface area contributed by atoms with Crippen molar-refractivity contribution in [2.45, 2.75) is 26.3 Å². The van der Waals surface area contributed by atoms with Crippen molar-refractivity contribution in [2.75, 3.05) is 11.9 Å². The van der Waals surface area contributed by atoms with Crippen molar-refractivity contribution >= 4 is 11.6 Å². The molecule has 17 heavy (non-hydrogen) atoms. The van der Waals surface area contributed by atoms with Gasteiger partial charge in [-0.05, 0) is 32.9 Å². The molecule has 4 heteroatoms. The Balaban J connectivity index is 2.67. The standard InChI is InChI=1S/C13H19N3O/c1-5-8-14-10-6-7-11(15-9-10)12(17)16-13(2,3)4/h5-7,9,14H,1,8H2,2-4H3,(H,16,17). The SMILES string of the molecule is C=CCNc1ccc(C(=O)NC(C)(C)C)nc1. The van der Waals surface area contributed by atoms with E-state index in [0.717, 1.165) is 5.69 Å². The van der Waals surface area contributed by atoms with Crippen LogP contribution in [0.5, 0.6) is 0 Å². The van der Waals surface area contributed by atoms with Crippen LogP contribution in [-0.2, 0) is 0 Å². The lowest BCUT2D eigenvalue weighted by atomic mass is 10.1. The van der Waals surface area contributed by atoms with Gasteiger partial charge >= 0.3 is 0 Å². The molecule has 0 atom stereocenters. The number of hydrogen-bond donors (Lipinski definition) is 2. The fraction of sp³-hybridized carbons (Fsp3) is 0.385. The van der Waals surface area contributed by atoms with E-state index in [0.29, 0.717) is 12.2 Å². The Kier molecular flexibility index (Phi) is 4.26. The molecule has 0 aliphatic carbocycles. The second-order valence-corrected chi connectivity index (χ2v) is 4.81. The average Bonchev–Trinajstić information content (AvgIpc) is 2.24. The zero-order valence-corrected chi connectivity index (χ0v) is 10.6. The smallest absolute Gasteiger partial charge is 0.270 e. The quantitative estimate of drug-likeness (QED) is 0.784. The minimum Gasteiger partial charge on any atom is -0.380 e. The van der Waals surface area contributed by atoms with Crippen LogP contribution in [0.4, 0.5) is 5.69 Å². The summed E-state index contributed by atoms with van der Waals surface area (Å²) in [4.78, 5) is 15.9. The molecule has 0 spiro atoms. The number of nitrogens with one attached hydrogen (secondary N) is 2. The number of aromatic nitrogens is 1. The lowest BCUT2D eigenvalue weighted by molar-refractivity contribution is 0.0914. The van der Waals surface area contributed by atoms with Crippen molar-refractivity contribution in [3.05, 3.63) is 36.7 Å². The minimum atomic E-state index is -0.251. The van der Waals surface area contributed by atoms with Crippen LogP contribution in [0.3, 0.4) is 0 Å². The van der Waals surface area contributed by atoms with E-state index in [9.17, 15) is 4.79 Å². The summed E-state index contributed by atoms with van der Waals surface area (Å²) in [6.45, 7) is 10.1. The summed E-state index contributed by atoms with van der Waals surface area (Å²) in [6.07, 6.45) is 3.40. The van der Waals surface area contributed by atoms with E-state index in [1.807, 2.05) is 26.8 Å². The lowest BCUT2D eigenvalue weighted by Gasteiger charge is -2.20. The summed E-state index contributed by atoms with van der Waals surface area (Å²) in [5.74, 6) is -0.159. The van der Waals surface area contributed by atoms with Crippen molar-refractivity contribution < 1.29 is 4.79 Å². The Morgan fingerprint density at radius 1 is 1.47 bits per heavy atom. The molecular weight excluding hydrogens is 214 g/mol. The molecule has 0 saturated heterocycles. The zero-order chi connectivity index (χ0) is 12.9. The van der Waals surface area contributed by atoms with E-state index >= 15 is 0 Å². The van der Waals surface area contributed by atoms with Crippen molar-refractivity contribution in [2.24, 2.45) is 0 Å². The van der Waals surface area contributed by atoms with Crippen LogP contribution < -0.4 is 10.6 Å². The van der Waals surface area contributed by atoms with Crippen LogP contribution >= 0.6 is 0 Å². The monoisotopic (exact) mass is 233 g/mol. The average molecular weight is 233 g/mol. The highest BCUT2D eigenvalue weighted by molar-refractivity contribution is 5.92. The number of amides is 1. The lowest BCUT2D eigenvalue weighted by Crippen LogP contribution is -2.40. The second-order valence-electron chi connectivity index (χ2n) is 4.81. The zero-order valence-electron chi connectivity index (χ0n) is 10.6. The largest absolute Gasteiger partial charge is 0.380 e. The summed E-state index contributed by atoms with van der Waals surface area (Å²) in [5.41, 5.74) is 1.04. The Labute approximate surface area is 102 Å². The predicted molar refractivity (Wildman–Crippen MR) is 70.1 cm³/mol. The van der Waals surface area contributed by atoms with E-state index in [2.05, 4.69) is 22.2 Å². The van der Waals surface area contributed by atoms with Crippen molar-refractivity contribution in [3.63, 3.8) is 0 Å². The number of carbonyl (C=O) groups excluding carboxylic acids is 1. The number of nitrogens with zero attached hydrogens (tertiary/aromatic N) is 1. The first-order valence-corrected chi connectivity index (χ1v) is 5.56. The summed E-state index contributed by atoms with van der Waals surface area (Å²) in [6, 6.07) is 3.53. The molecule has 2 N–H and O–H groups in total. The predicted octanol–water partition coefficient (Wildman–Crippen LogP) is 2.21. The van der Waals surface area contributed by atoms with Crippen LogP contribution in [0.15, 0.2) is 31.0 Å². The van der Waals surface area contributed by atoms with Crippen LogP contribution in [0.2, 0.25) is 0 Å². The van der Waals surface area contributed by atoms with Crippen LogP contribution in [-0.4, -0.2) is 23.0 Å². The van der Waals surface area contributed by atoms with Crippen LogP contribution in [0.1, 0.15) is 31.3 Å². The third-order valence-electron chi connectivity index (χ3n) is 1.94. The second kappa shape index (κ2) is 5.48. The van der Waals surface area contributed by atoms with E-state index in [1.54, 1.807) is 18.3 Å². The molecule has 1 rings (SSSR count). The van der Waals surface area contributed by atoms with Gasteiger partial charge in [0.15, 0.2) is 0 Å². The number of hydrogen-bond acceptors (Lipinski definition) is 3. The molecule has 1 aromatic rings. The van der Waals surface area contributed by atoms with E-state index in [4.69, 9.17) is 0 Å². The van der Waals surface area contributed by atoms with Gasteiger partial charge in [-0.3, -0.25) is 4.79 Å². The first-order valence-electron chi connectivity index (χ1n) is 5.56. The van der Waals surface area contributed by atoms with Gasteiger partial charge in [0.05, 0.1) is 11.9 Å². The molecule has 0 aliphatic heterocycles. The number of carbonyl (C=O) groups is 1. The van der Waals surface area contributed by atoms with Crippen molar-refractivity contribution in [3.8, 4) is 0 Å². The van der Waals surface area contributed by atoms with Crippen LogP contribution in [0, 0.1) is 0 Å². The molecule has 4 nitrogen and oxygen atoms in total. The Morgan fingerprint density at radius 3 is 2.65 bits per heavy atom. The molecule has 0 bridgehead atoms. The summed E-state index contributed by atoms with van der Waals surface area (Å²) >= 11 is 0. The molecule has 1 amide bonds. The number of anilines is 1. The van der Waals surface area contributed by atoms with Crippen LogP contribution in [0.25, 0.3) is 0 Å². The van der Waals surface area contributed by atoms with Gasteiger partial charge in [-0.1, -0.05) is 6.08 Å². The molecule has 92 valence electrons. The van der Waals surface area contributed by atoms with Gasteiger partial charge in [0.25, 0.3) is 5.91 Å². The van der Waals surface area contributed by atoms with E-state index < -0.39 is 0 Å². The Morgan fingerprint density at radius 2 is 2.18 bits per heavy atom. The van der Waals surface area contributed by atoms with Gasteiger partial charge in [0, 0.05) is 12.1 Å².